The highest BCUT2D eigenvalue weighted by Gasteiger charge is 2.11. The molecule has 84 valence electrons. The van der Waals surface area contributed by atoms with Crippen molar-refractivity contribution >= 4 is 5.57 Å². The van der Waals surface area contributed by atoms with E-state index in [9.17, 15) is 0 Å². The Bertz CT molecular complexity index is 443. The lowest BCUT2D eigenvalue weighted by Gasteiger charge is -2.06. The Kier molecular flexibility index (Phi) is 3.28. The van der Waals surface area contributed by atoms with Crippen molar-refractivity contribution in [2.24, 2.45) is 0 Å². The van der Waals surface area contributed by atoms with Gasteiger partial charge >= 0.3 is 0 Å². The highest BCUT2D eigenvalue weighted by Crippen LogP contribution is 2.26. The van der Waals surface area contributed by atoms with Crippen LogP contribution in [0, 0.1) is 0 Å². The van der Waals surface area contributed by atoms with Gasteiger partial charge in [-0.2, -0.15) is 0 Å². The minimum absolute atomic E-state index is 1.26. The van der Waals surface area contributed by atoms with Crippen molar-refractivity contribution in [3.05, 3.63) is 52.6 Å². The molecule has 2 rings (SSSR count). The summed E-state index contributed by atoms with van der Waals surface area (Å²) >= 11 is 0. The summed E-state index contributed by atoms with van der Waals surface area (Å²) in [7, 11) is 0. The van der Waals surface area contributed by atoms with Gasteiger partial charge in [-0.05, 0) is 62.3 Å². The van der Waals surface area contributed by atoms with Gasteiger partial charge in [-0.25, -0.2) is 0 Å². The molecule has 0 atom stereocenters. The third kappa shape index (κ3) is 2.27. The molecular formula is C16H20. The zero-order chi connectivity index (χ0) is 11.5. The zero-order valence-electron chi connectivity index (χ0n) is 10.5. The van der Waals surface area contributed by atoms with Gasteiger partial charge in [-0.3, -0.25) is 0 Å². The van der Waals surface area contributed by atoms with E-state index in [2.05, 4.69) is 51.1 Å². The van der Waals surface area contributed by atoms with Crippen molar-refractivity contribution in [3.63, 3.8) is 0 Å². The number of aryl methyl sites for hydroxylation is 2. The summed E-state index contributed by atoms with van der Waals surface area (Å²) in [6.07, 6.45) is 8.31. The highest BCUT2D eigenvalue weighted by atomic mass is 14.2. The molecule has 0 heterocycles. The number of rotatable bonds is 2. The number of fused-ring (bicyclic) bond motifs is 1. The van der Waals surface area contributed by atoms with E-state index in [1.807, 2.05) is 0 Å². The lowest BCUT2D eigenvalue weighted by molar-refractivity contribution is 0.912. The second-order valence-electron chi connectivity index (χ2n) is 4.80. The maximum Gasteiger partial charge on any atom is -0.0184 e. The van der Waals surface area contributed by atoms with Crippen molar-refractivity contribution < 1.29 is 0 Å². The average molecular weight is 212 g/mol. The van der Waals surface area contributed by atoms with E-state index < -0.39 is 0 Å². The summed E-state index contributed by atoms with van der Waals surface area (Å²) in [6, 6.07) is 6.94. The van der Waals surface area contributed by atoms with Crippen molar-refractivity contribution in [3.8, 4) is 0 Å². The van der Waals surface area contributed by atoms with Gasteiger partial charge in [0, 0.05) is 0 Å². The lowest BCUT2D eigenvalue weighted by atomic mass is 9.99. The predicted molar refractivity (Wildman–Crippen MR) is 71.5 cm³/mol. The fourth-order valence-corrected chi connectivity index (χ4v) is 2.40. The Balaban J connectivity index is 2.37. The first-order valence-corrected chi connectivity index (χ1v) is 6.14. The van der Waals surface area contributed by atoms with Crippen LogP contribution in [0.25, 0.3) is 5.57 Å². The normalized spacial score (nSPS) is 14.8. The molecule has 0 fully saturated rings. The van der Waals surface area contributed by atoms with E-state index in [4.69, 9.17) is 0 Å². The van der Waals surface area contributed by atoms with Gasteiger partial charge in [-0.1, -0.05) is 35.9 Å². The number of allylic oxidation sites excluding steroid dienone is 4. The van der Waals surface area contributed by atoms with Crippen LogP contribution in [0.15, 0.2) is 35.9 Å². The first-order chi connectivity index (χ1) is 7.70. The van der Waals surface area contributed by atoms with Gasteiger partial charge in [0.1, 0.15) is 0 Å². The van der Waals surface area contributed by atoms with Gasteiger partial charge in [-0.15, -0.1) is 0 Å². The predicted octanol–water partition coefficient (Wildman–Crippen LogP) is 4.54. The van der Waals surface area contributed by atoms with Crippen molar-refractivity contribution in [2.75, 3.05) is 0 Å². The van der Waals surface area contributed by atoms with E-state index in [1.54, 1.807) is 11.1 Å². The minimum atomic E-state index is 1.26. The lowest BCUT2D eigenvalue weighted by Crippen LogP contribution is -1.87. The molecule has 0 radical (unpaired) electrons. The number of benzene rings is 1. The van der Waals surface area contributed by atoms with Crippen LogP contribution >= 0.6 is 0 Å². The maximum absolute atomic E-state index is 2.37. The molecule has 0 N–H and O–H groups in total. The second-order valence-corrected chi connectivity index (χ2v) is 4.80. The molecule has 0 nitrogen and oxygen atoms in total. The Hall–Kier alpha value is -1.30. The average Bonchev–Trinajstić information content (AvgIpc) is 2.72. The maximum atomic E-state index is 2.37. The molecule has 1 aliphatic carbocycles. The van der Waals surface area contributed by atoms with Crippen molar-refractivity contribution in [1.29, 1.82) is 0 Å². The van der Waals surface area contributed by atoms with Crippen LogP contribution in [0.1, 0.15) is 43.9 Å². The topological polar surface area (TPSA) is 0 Å². The van der Waals surface area contributed by atoms with Crippen molar-refractivity contribution in [2.45, 2.75) is 40.0 Å². The molecule has 1 aromatic rings. The van der Waals surface area contributed by atoms with Crippen LogP contribution in [0.3, 0.4) is 0 Å². The minimum Gasteiger partial charge on any atom is -0.0798 e. The first-order valence-electron chi connectivity index (χ1n) is 6.14. The second kappa shape index (κ2) is 4.69. The molecule has 1 aromatic carbocycles. The zero-order valence-corrected chi connectivity index (χ0v) is 10.5. The fourth-order valence-electron chi connectivity index (χ4n) is 2.40. The highest BCUT2D eigenvalue weighted by molar-refractivity contribution is 5.75. The Labute approximate surface area is 98.7 Å². The van der Waals surface area contributed by atoms with Crippen molar-refractivity contribution in [1.82, 2.24) is 0 Å². The summed E-state index contributed by atoms with van der Waals surface area (Å²) in [6.45, 7) is 6.41. The summed E-state index contributed by atoms with van der Waals surface area (Å²) < 4.78 is 0. The SMILES string of the molecule is C/C=C(\C=C(C)C)c1ccc2c(c1)CCC2. The molecule has 0 bridgehead atoms. The van der Waals surface area contributed by atoms with E-state index in [0.717, 1.165) is 0 Å². The van der Waals surface area contributed by atoms with Crippen LogP contribution in [0.2, 0.25) is 0 Å². The molecule has 0 amide bonds. The Morgan fingerprint density at radius 1 is 1.12 bits per heavy atom. The van der Waals surface area contributed by atoms with Crippen LogP contribution in [-0.4, -0.2) is 0 Å². The van der Waals surface area contributed by atoms with E-state index in [-0.39, 0.29) is 0 Å². The van der Waals surface area contributed by atoms with E-state index >= 15 is 0 Å². The van der Waals surface area contributed by atoms with Gasteiger partial charge in [0.15, 0.2) is 0 Å². The molecule has 0 aromatic heterocycles. The van der Waals surface area contributed by atoms with Gasteiger partial charge in [0.05, 0.1) is 0 Å². The summed E-state index contributed by atoms with van der Waals surface area (Å²) in [5.41, 5.74) is 7.17. The molecule has 0 spiro atoms. The largest absolute Gasteiger partial charge is 0.0798 e. The fraction of sp³-hybridized carbons (Fsp3) is 0.375. The third-order valence-electron chi connectivity index (χ3n) is 3.19. The molecule has 0 heteroatoms. The summed E-state index contributed by atoms with van der Waals surface area (Å²) in [5.74, 6) is 0. The molecule has 0 unspecified atom stereocenters. The molecule has 1 aliphatic rings. The van der Waals surface area contributed by atoms with E-state index in [0.29, 0.717) is 0 Å². The van der Waals surface area contributed by atoms with Gasteiger partial charge in [0.2, 0.25) is 0 Å². The van der Waals surface area contributed by atoms with Crippen LogP contribution in [0.4, 0.5) is 0 Å². The molecule has 0 aliphatic heterocycles. The van der Waals surface area contributed by atoms with Gasteiger partial charge in [0.25, 0.3) is 0 Å². The molecule has 16 heavy (non-hydrogen) atoms. The Morgan fingerprint density at radius 3 is 2.56 bits per heavy atom. The summed E-state index contributed by atoms with van der Waals surface area (Å²) in [4.78, 5) is 0. The van der Waals surface area contributed by atoms with Crippen LogP contribution in [0.5, 0.6) is 0 Å². The Morgan fingerprint density at radius 2 is 1.88 bits per heavy atom. The monoisotopic (exact) mass is 212 g/mol. The molecule has 0 saturated heterocycles. The standard InChI is InChI=1S/C16H20/c1-4-13(10-12(2)3)16-9-8-14-6-5-7-15(14)11-16/h4,8-11H,5-7H2,1-3H3/b13-4+. The van der Waals surface area contributed by atoms with Crippen LogP contribution in [-0.2, 0) is 12.8 Å². The smallest absolute Gasteiger partial charge is 0.0184 e. The third-order valence-corrected chi connectivity index (χ3v) is 3.19. The van der Waals surface area contributed by atoms with E-state index in [1.165, 1.54) is 36.0 Å². The van der Waals surface area contributed by atoms with Gasteiger partial charge < -0.3 is 0 Å². The first kappa shape index (κ1) is 11.2. The molecular weight excluding hydrogens is 192 g/mol. The summed E-state index contributed by atoms with van der Waals surface area (Å²) in [5, 5.41) is 0. The van der Waals surface area contributed by atoms with Crippen LogP contribution < -0.4 is 0 Å². The number of hydrogen-bond acceptors (Lipinski definition) is 0. The quantitative estimate of drug-likeness (QED) is 0.631. The molecule has 0 saturated carbocycles. The number of hydrogen-bond donors (Lipinski definition) is 0.